The predicted molar refractivity (Wildman–Crippen MR) is 53.0 cm³/mol. The average molecular weight is 249 g/mol. The van der Waals surface area contributed by atoms with Crippen molar-refractivity contribution in [2.45, 2.75) is 12.8 Å². The third-order valence-corrected chi connectivity index (χ3v) is 2.20. The molecule has 0 aromatic heterocycles. The number of ketones is 1. The zero-order chi connectivity index (χ0) is 12.3. The molecule has 0 saturated carbocycles. The first-order valence-electron chi connectivity index (χ1n) is 4.24. The highest BCUT2D eigenvalue weighted by Crippen LogP contribution is 2.27. The molecule has 0 aliphatic rings. The Labute approximate surface area is 94.6 Å². The average Bonchev–Trinajstić information content (AvgIpc) is 2.15. The summed E-state index contributed by atoms with van der Waals surface area (Å²) >= 11 is 5.53. The molecular formula is C10H7ClF2O3. The maximum absolute atomic E-state index is 12.3. The Morgan fingerprint density at radius 3 is 2.44 bits per heavy atom. The van der Waals surface area contributed by atoms with Crippen molar-refractivity contribution in [3.05, 3.63) is 34.3 Å². The van der Waals surface area contributed by atoms with Gasteiger partial charge >= 0.3 is 5.97 Å². The van der Waals surface area contributed by atoms with E-state index in [2.05, 4.69) is 0 Å². The van der Waals surface area contributed by atoms with E-state index in [1.54, 1.807) is 0 Å². The SMILES string of the molecule is O=C(O)CC(=O)c1ccc(C(F)F)c(Cl)c1. The first kappa shape index (κ1) is 12.6. The van der Waals surface area contributed by atoms with Crippen LogP contribution >= 0.6 is 11.6 Å². The number of aliphatic carboxylic acids is 1. The van der Waals surface area contributed by atoms with Gasteiger partial charge in [0.15, 0.2) is 5.78 Å². The number of carbonyl (C=O) groups excluding carboxylic acids is 1. The lowest BCUT2D eigenvalue weighted by Crippen LogP contribution is -2.07. The minimum atomic E-state index is -2.73. The summed E-state index contributed by atoms with van der Waals surface area (Å²) in [5, 5.41) is 8.14. The van der Waals surface area contributed by atoms with E-state index in [4.69, 9.17) is 16.7 Å². The number of hydrogen-bond donors (Lipinski definition) is 1. The fourth-order valence-electron chi connectivity index (χ4n) is 1.12. The van der Waals surface area contributed by atoms with Gasteiger partial charge in [0, 0.05) is 11.1 Å². The highest BCUT2D eigenvalue weighted by Gasteiger charge is 2.16. The number of Topliss-reactive ketones (excluding diaryl/α,β-unsaturated/α-hetero) is 1. The number of hydrogen-bond acceptors (Lipinski definition) is 2. The number of rotatable bonds is 4. The molecule has 0 unspecified atom stereocenters. The minimum absolute atomic E-state index is 0.0109. The van der Waals surface area contributed by atoms with E-state index < -0.39 is 24.6 Å². The maximum Gasteiger partial charge on any atom is 0.311 e. The first-order valence-corrected chi connectivity index (χ1v) is 4.62. The fraction of sp³-hybridized carbons (Fsp3) is 0.200. The maximum atomic E-state index is 12.3. The molecule has 0 bridgehead atoms. The molecule has 0 heterocycles. The molecule has 0 radical (unpaired) electrons. The quantitative estimate of drug-likeness (QED) is 0.658. The van der Waals surface area contributed by atoms with Crippen molar-refractivity contribution in [2.75, 3.05) is 0 Å². The van der Waals surface area contributed by atoms with Gasteiger partial charge in [-0.15, -0.1) is 0 Å². The van der Waals surface area contributed by atoms with Crippen LogP contribution in [0.2, 0.25) is 5.02 Å². The highest BCUT2D eigenvalue weighted by atomic mass is 35.5. The summed E-state index contributed by atoms with van der Waals surface area (Å²) < 4.78 is 24.6. The van der Waals surface area contributed by atoms with Gasteiger partial charge in [-0.3, -0.25) is 9.59 Å². The van der Waals surface area contributed by atoms with Crippen LogP contribution < -0.4 is 0 Å². The lowest BCUT2D eigenvalue weighted by Gasteiger charge is -2.04. The lowest BCUT2D eigenvalue weighted by atomic mass is 10.1. The Hall–Kier alpha value is -1.49. The molecule has 1 aromatic rings. The fourth-order valence-corrected chi connectivity index (χ4v) is 1.38. The van der Waals surface area contributed by atoms with Gasteiger partial charge < -0.3 is 5.11 Å². The number of carboxylic acid groups (broad SMARTS) is 1. The largest absolute Gasteiger partial charge is 0.481 e. The topological polar surface area (TPSA) is 54.4 Å². The normalized spacial score (nSPS) is 10.5. The van der Waals surface area contributed by atoms with Crippen molar-refractivity contribution in [2.24, 2.45) is 0 Å². The van der Waals surface area contributed by atoms with E-state index in [0.717, 1.165) is 18.2 Å². The molecule has 6 heteroatoms. The van der Waals surface area contributed by atoms with Gasteiger partial charge in [-0.2, -0.15) is 0 Å². The van der Waals surface area contributed by atoms with Crippen LogP contribution in [0.25, 0.3) is 0 Å². The molecule has 0 amide bonds. The zero-order valence-electron chi connectivity index (χ0n) is 7.91. The van der Waals surface area contributed by atoms with Crippen LogP contribution in [0.4, 0.5) is 8.78 Å². The summed E-state index contributed by atoms with van der Waals surface area (Å²) in [6.45, 7) is 0. The molecule has 16 heavy (non-hydrogen) atoms. The monoisotopic (exact) mass is 248 g/mol. The van der Waals surface area contributed by atoms with E-state index in [9.17, 15) is 18.4 Å². The number of halogens is 3. The van der Waals surface area contributed by atoms with Crippen molar-refractivity contribution in [3.63, 3.8) is 0 Å². The van der Waals surface area contributed by atoms with Crippen LogP contribution in [0.15, 0.2) is 18.2 Å². The van der Waals surface area contributed by atoms with E-state index in [-0.39, 0.29) is 16.1 Å². The summed E-state index contributed by atoms with van der Waals surface area (Å²) in [6.07, 6.45) is -3.42. The second-order valence-corrected chi connectivity index (χ2v) is 3.44. The van der Waals surface area contributed by atoms with Crippen LogP contribution in [0.3, 0.4) is 0 Å². The summed E-state index contributed by atoms with van der Waals surface area (Å²) in [7, 11) is 0. The minimum Gasteiger partial charge on any atom is -0.481 e. The third kappa shape index (κ3) is 3.00. The molecule has 0 aliphatic heterocycles. The Morgan fingerprint density at radius 1 is 1.38 bits per heavy atom. The Bertz CT molecular complexity index is 432. The van der Waals surface area contributed by atoms with Crippen LogP contribution in [0, 0.1) is 0 Å². The molecule has 0 aliphatic carbocycles. The van der Waals surface area contributed by atoms with Crippen molar-refractivity contribution >= 4 is 23.4 Å². The summed E-state index contributed by atoms with van der Waals surface area (Å²) in [4.78, 5) is 21.5. The van der Waals surface area contributed by atoms with Crippen molar-refractivity contribution in [1.29, 1.82) is 0 Å². The predicted octanol–water partition coefficient (Wildman–Crippen LogP) is 2.94. The van der Waals surface area contributed by atoms with Crippen molar-refractivity contribution < 1.29 is 23.5 Å². The molecule has 0 saturated heterocycles. The molecule has 86 valence electrons. The number of alkyl halides is 2. The first-order chi connectivity index (χ1) is 7.41. The molecule has 1 rings (SSSR count). The van der Waals surface area contributed by atoms with Gasteiger partial charge in [0.05, 0.1) is 5.02 Å². The van der Waals surface area contributed by atoms with Gasteiger partial charge in [-0.25, -0.2) is 8.78 Å². The van der Waals surface area contributed by atoms with Gasteiger partial charge in [-0.1, -0.05) is 23.7 Å². The smallest absolute Gasteiger partial charge is 0.311 e. The van der Waals surface area contributed by atoms with E-state index >= 15 is 0 Å². The van der Waals surface area contributed by atoms with E-state index in [1.165, 1.54) is 0 Å². The van der Waals surface area contributed by atoms with Crippen LogP contribution in [-0.2, 0) is 4.79 Å². The highest BCUT2D eigenvalue weighted by molar-refractivity contribution is 6.31. The summed E-state index contributed by atoms with van der Waals surface area (Å²) in [6, 6.07) is 3.20. The second kappa shape index (κ2) is 5.03. The Morgan fingerprint density at radius 2 is 2.00 bits per heavy atom. The van der Waals surface area contributed by atoms with Gasteiger partial charge in [0.2, 0.25) is 0 Å². The van der Waals surface area contributed by atoms with Crippen LogP contribution in [-0.4, -0.2) is 16.9 Å². The standard InChI is InChI=1S/C10H7ClF2O3/c11-7-3-5(8(14)4-9(15)16)1-2-6(7)10(12)13/h1-3,10H,4H2,(H,15,16). The molecule has 1 aromatic carbocycles. The molecule has 1 N–H and O–H groups in total. The number of carbonyl (C=O) groups is 2. The number of benzene rings is 1. The van der Waals surface area contributed by atoms with Crippen molar-refractivity contribution in [1.82, 2.24) is 0 Å². The second-order valence-electron chi connectivity index (χ2n) is 3.03. The zero-order valence-corrected chi connectivity index (χ0v) is 8.67. The van der Waals surface area contributed by atoms with Gasteiger partial charge in [0.1, 0.15) is 6.42 Å². The summed E-state index contributed by atoms with van der Waals surface area (Å²) in [5.74, 6) is -1.95. The Kier molecular flexibility index (Phi) is 3.95. The molecular weight excluding hydrogens is 242 g/mol. The molecule has 0 atom stereocenters. The van der Waals surface area contributed by atoms with Crippen LogP contribution in [0.5, 0.6) is 0 Å². The molecule has 0 fully saturated rings. The van der Waals surface area contributed by atoms with Crippen LogP contribution in [0.1, 0.15) is 28.8 Å². The summed E-state index contributed by atoms with van der Waals surface area (Å²) in [5.41, 5.74) is -0.370. The van der Waals surface area contributed by atoms with Crippen molar-refractivity contribution in [3.8, 4) is 0 Å². The van der Waals surface area contributed by atoms with Gasteiger partial charge in [-0.05, 0) is 6.07 Å². The molecule has 0 spiro atoms. The van der Waals surface area contributed by atoms with Gasteiger partial charge in [0.25, 0.3) is 6.43 Å². The lowest BCUT2D eigenvalue weighted by molar-refractivity contribution is -0.135. The molecule has 3 nitrogen and oxygen atoms in total. The third-order valence-electron chi connectivity index (χ3n) is 1.87. The Balaban J connectivity index is 2.97. The number of carboxylic acids is 1. The van der Waals surface area contributed by atoms with E-state index in [1.807, 2.05) is 0 Å². The van der Waals surface area contributed by atoms with E-state index in [0.29, 0.717) is 0 Å².